The molecular formula is C16H14FNO2. The van der Waals surface area contributed by atoms with E-state index in [1.807, 2.05) is 6.07 Å². The van der Waals surface area contributed by atoms with E-state index in [1.54, 1.807) is 37.3 Å². The van der Waals surface area contributed by atoms with Crippen LogP contribution in [0.3, 0.4) is 0 Å². The largest absolute Gasteiger partial charge is 0.345 e. The van der Waals surface area contributed by atoms with E-state index in [2.05, 4.69) is 5.32 Å². The normalized spacial score (nSPS) is 10.1. The molecule has 0 radical (unpaired) electrons. The first kappa shape index (κ1) is 13.9. The van der Waals surface area contributed by atoms with E-state index in [0.29, 0.717) is 11.1 Å². The molecule has 0 fully saturated rings. The predicted octanol–water partition coefficient (Wildman–Crippen LogP) is 2.75. The van der Waals surface area contributed by atoms with Gasteiger partial charge in [0.15, 0.2) is 5.78 Å². The molecule has 0 heterocycles. The lowest BCUT2D eigenvalue weighted by atomic mass is 10.1. The fourth-order valence-electron chi connectivity index (χ4n) is 1.86. The van der Waals surface area contributed by atoms with Gasteiger partial charge in [0.25, 0.3) is 5.91 Å². The maximum Gasteiger partial charge on any atom is 0.251 e. The molecule has 102 valence electrons. The number of carbonyl (C=O) groups excluding carboxylic acids is 2. The summed E-state index contributed by atoms with van der Waals surface area (Å²) in [7, 11) is 0. The number of amides is 1. The smallest absolute Gasteiger partial charge is 0.251 e. The van der Waals surface area contributed by atoms with Crippen molar-refractivity contribution >= 4 is 11.7 Å². The SMILES string of the molecule is Cc1cc(F)cc(C(=O)NCC(=O)c2ccccc2)c1. The molecule has 0 aliphatic rings. The van der Waals surface area contributed by atoms with Crippen LogP contribution in [0.1, 0.15) is 26.3 Å². The minimum atomic E-state index is -0.468. The number of aryl methyl sites for hydroxylation is 1. The van der Waals surface area contributed by atoms with Gasteiger partial charge in [0.1, 0.15) is 5.82 Å². The van der Waals surface area contributed by atoms with Crippen LogP contribution in [-0.2, 0) is 0 Å². The molecule has 0 saturated carbocycles. The van der Waals surface area contributed by atoms with E-state index in [0.717, 1.165) is 6.07 Å². The number of Topliss-reactive ketones (excluding diaryl/α,β-unsaturated/α-hetero) is 1. The summed E-state index contributed by atoms with van der Waals surface area (Å²) in [6.07, 6.45) is 0. The highest BCUT2D eigenvalue weighted by atomic mass is 19.1. The zero-order valence-electron chi connectivity index (χ0n) is 11.0. The van der Waals surface area contributed by atoms with Gasteiger partial charge in [0.05, 0.1) is 6.54 Å². The molecule has 0 atom stereocenters. The number of benzene rings is 2. The Kier molecular flexibility index (Phi) is 4.25. The van der Waals surface area contributed by atoms with Crippen molar-refractivity contribution in [2.45, 2.75) is 6.92 Å². The number of rotatable bonds is 4. The zero-order chi connectivity index (χ0) is 14.5. The van der Waals surface area contributed by atoms with Crippen LogP contribution in [0.5, 0.6) is 0 Å². The van der Waals surface area contributed by atoms with Crippen molar-refractivity contribution in [2.75, 3.05) is 6.54 Å². The van der Waals surface area contributed by atoms with Gasteiger partial charge >= 0.3 is 0 Å². The molecular weight excluding hydrogens is 257 g/mol. The summed E-state index contributed by atoms with van der Waals surface area (Å²) in [5.74, 6) is -1.12. The summed E-state index contributed by atoms with van der Waals surface area (Å²) in [6.45, 7) is 1.59. The van der Waals surface area contributed by atoms with Gasteiger partial charge in [-0.3, -0.25) is 9.59 Å². The van der Waals surface area contributed by atoms with Crippen LogP contribution in [0.4, 0.5) is 4.39 Å². The molecule has 20 heavy (non-hydrogen) atoms. The van der Waals surface area contributed by atoms with E-state index in [-0.39, 0.29) is 17.9 Å². The first-order valence-electron chi connectivity index (χ1n) is 6.20. The minimum Gasteiger partial charge on any atom is -0.345 e. The predicted molar refractivity (Wildman–Crippen MR) is 74.2 cm³/mol. The molecule has 2 rings (SSSR count). The van der Waals surface area contributed by atoms with Crippen LogP contribution >= 0.6 is 0 Å². The lowest BCUT2D eigenvalue weighted by molar-refractivity contribution is 0.0904. The van der Waals surface area contributed by atoms with Gasteiger partial charge in [-0.15, -0.1) is 0 Å². The van der Waals surface area contributed by atoms with E-state index < -0.39 is 11.7 Å². The van der Waals surface area contributed by atoms with Crippen LogP contribution in [0.2, 0.25) is 0 Å². The topological polar surface area (TPSA) is 46.2 Å². The van der Waals surface area contributed by atoms with Gasteiger partial charge in [0, 0.05) is 11.1 Å². The number of nitrogens with one attached hydrogen (secondary N) is 1. The van der Waals surface area contributed by atoms with Gasteiger partial charge < -0.3 is 5.32 Å². The number of carbonyl (C=O) groups is 2. The third-order valence-electron chi connectivity index (χ3n) is 2.81. The third-order valence-corrected chi connectivity index (χ3v) is 2.81. The fourth-order valence-corrected chi connectivity index (χ4v) is 1.86. The van der Waals surface area contributed by atoms with Crippen molar-refractivity contribution in [3.05, 3.63) is 71.0 Å². The molecule has 3 nitrogen and oxygen atoms in total. The maximum atomic E-state index is 13.2. The molecule has 4 heteroatoms. The van der Waals surface area contributed by atoms with Crippen LogP contribution in [0, 0.1) is 12.7 Å². The molecule has 1 amide bonds. The third kappa shape index (κ3) is 3.51. The minimum absolute atomic E-state index is 0.113. The molecule has 2 aromatic rings. The van der Waals surface area contributed by atoms with Crippen LogP contribution < -0.4 is 5.32 Å². The van der Waals surface area contributed by atoms with Crippen molar-refractivity contribution in [1.82, 2.24) is 5.32 Å². The standard InChI is InChI=1S/C16H14FNO2/c1-11-7-13(9-14(17)8-11)16(20)18-10-15(19)12-5-3-2-4-6-12/h2-9H,10H2,1H3,(H,18,20). The van der Waals surface area contributed by atoms with E-state index >= 15 is 0 Å². The molecule has 0 aromatic heterocycles. The van der Waals surface area contributed by atoms with Gasteiger partial charge in [-0.25, -0.2) is 4.39 Å². The van der Waals surface area contributed by atoms with Crippen molar-refractivity contribution in [3.63, 3.8) is 0 Å². The highest BCUT2D eigenvalue weighted by molar-refractivity contribution is 6.02. The first-order valence-corrected chi connectivity index (χ1v) is 6.20. The van der Waals surface area contributed by atoms with Crippen LogP contribution in [-0.4, -0.2) is 18.2 Å². The number of hydrogen-bond acceptors (Lipinski definition) is 2. The monoisotopic (exact) mass is 271 g/mol. The van der Waals surface area contributed by atoms with Gasteiger partial charge in [-0.1, -0.05) is 30.3 Å². The Bertz CT molecular complexity index is 618. The summed E-state index contributed by atoms with van der Waals surface area (Å²) in [6, 6.07) is 12.7. The Morgan fingerprint density at radius 3 is 2.40 bits per heavy atom. The van der Waals surface area contributed by atoms with Gasteiger partial charge in [-0.2, -0.15) is 0 Å². The molecule has 0 unspecified atom stereocenters. The van der Waals surface area contributed by atoms with Gasteiger partial charge in [0.2, 0.25) is 0 Å². The Morgan fingerprint density at radius 2 is 1.75 bits per heavy atom. The summed E-state index contributed by atoms with van der Waals surface area (Å²) < 4.78 is 13.2. The van der Waals surface area contributed by atoms with Crippen molar-refractivity contribution < 1.29 is 14.0 Å². The second kappa shape index (κ2) is 6.10. The van der Waals surface area contributed by atoms with Crippen LogP contribution in [0.15, 0.2) is 48.5 Å². The Balaban J connectivity index is 2.00. The number of hydrogen-bond donors (Lipinski definition) is 1. The molecule has 0 aliphatic heterocycles. The van der Waals surface area contributed by atoms with Crippen LogP contribution in [0.25, 0.3) is 0 Å². The van der Waals surface area contributed by atoms with E-state index in [9.17, 15) is 14.0 Å². The van der Waals surface area contributed by atoms with Gasteiger partial charge in [-0.05, 0) is 30.7 Å². The molecule has 2 aromatic carbocycles. The lowest BCUT2D eigenvalue weighted by Crippen LogP contribution is -2.29. The van der Waals surface area contributed by atoms with E-state index in [1.165, 1.54) is 6.07 Å². The second-order valence-electron chi connectivity index (χ2n) is 4.49. The Morgan fingerprint density at radius 1 is 1.05 bits per heavy atom. The summed E-state index contributed by atoms with van der Waals surface area (Å²) in [5, 5.41) is 2.50. The summed E-state index contributed by atoms with van der Waals surface area (Å²) >= 11 is 0. The lowest BCUT2D eigenvalue weighted by Gasteiger charge is -2.06. The van der Waals surface area contributed by atoms with E-state index in [4.69, 9.17) is 0 Å². The Hall–Kier alpha value is -2.49. The molecule has 0 saturated heterocycles. The fraction of sp³-hybridized carbons (Fsp3) is 0.125. The Labute approximate surface area is 116 Å². The zero-order valence-corrected chi connectivity index (χ0v) is 11.0. The summed E-state index contributed by atoms with van der Waals surface area (Å²) in [4.78, 5) is 23.7. The number of halogens is 1. The average molecular weight is 271 g/mol. The molecule has 0 bridgehead atoms. The first-order chi connectivity index (χ1) is 9.56. The van der Waals surface area contributed by atoms with Crippen molar-refractivity contribution in [1.29, 1.82) is 0 Å². The quantitative estimate of drug-likeness (QED) is 0.869. The van der Waals surface area contributed by atoms with Crippen molar-refractivity contribution in [2.24, 2.45) is 0 Å². The second-order valence-corrected chi connectivity index (χ2v) is 4.49. The average Bonchev–Trinajstić information content (AvgIpc) is 2.44. The summed E-state index contributed by atoms with van der Waals surface area (Å²) in [5.41, 5.74) is 1.40. The molecule has 0 aliphatic carbocycles. The highest BCUT2D eigenvalue weighted by Crippen LogP contribution is 2.08. The molecule has 0 spiro atoms. The molecule has 1 N–H and O–H groups in total. The maximum absolute atomic E-state index is 13.2. The van der Waals surface area contributed by atoms with Crippen molar-refractivity contribution in [3.8, 4) is 0 Å². The highest BCUT2D eigenvalue weighted by Gasteiger charge is 2.10. The number of ketones is 1.